The van der Waals surface area contributed by atoms with Crippen LogP contribution in [0.1, 0.15) is 69.2 Å². The lowest BCUT2D eigenvalue weighted by Gasteiger charge is -2.13. The first-order valence-corrected chi connectivity index (χ1v) is 9.49. The zero-order valence-corrected chi connectivity index (χ0v) is 16.2. The van der Waals surface area contributed by atoms with E-state index in [4.69, 9.17) is 21.4 Å². The van der Waals surface area contributed by atoms with Gasteiger partial charge < -0.3 is 9.84 Å². The summed E-state index contributed by atoms with van der Waals surface area (Å²) < 4.78 is 5.58. The molecule has 0 unspecified atom stereocenters. The lowest BCUT2D eigenvalue weighted by atomic mass is 9.90. The fraction of sp³-hybridized carbons (Fsp3) is 0.550. The standard InChI is InChI=1S/C20H27ClO5/c1-3-17(22)15(18(23)4-2)9-7-5-6-8-12-26-19-11-10-14(20(24)25)13-16(19)21/h10-11,13,15H,3-9,12H2,1-2H3,(H,24,25). The van der Waals surface area contributed by atoms with Gasteiger partial charge in [0.2, 0.25) is 0 Å². The molecule has 6 heteroatoms. The zero-order chi connectivity index (χ0) is 19.5. The van der Waals surface area contributed by atoms with Crippen molar-refractivity contribution in [2.24, 2.45) is 5.92 Å². The average Bonchev–Trinajstić information content (AvgIpc) is 2.63. The van der Waals surface area contributed by atoms with Crippen LogP contribution in [-0.4, -0.2) is 29.2 Å². The molecule has 1 aromatic rings. The Labute approximate surface area is 159 Å². The summed E-state index contributed by atoms with van der Waals surface area (Å²) in [6.07, 6.45) is 4.97. The van der Waals surface area contributed by atoms with E-state index in [-0.39, 0.29) is 22.2 Å². The van der Waals surface area contributed by atoms with E-state index < -0.39 is 11.9 Å². The molecule has 0 saturated carbocycles. The first kappa shape index (κ1) is 22.2. The number of Topliss-reactive ketones (excluding diaryl/α,β-unsaturated/α-hetero) is 2. The Morgan fingerprint density at radius 1 is 1.04 bits per heavy atom. The summed E-state index contributed by atoms with van der Waals surface area (Å²) in [6.45, 7) is 4.07. The van der Waals surface area contributed by atoms with Crippen molar-refractivity contribution >= 4 is 29.1 Å². The highest BCUT2D eigenvalue weighted by Crippen LogP contribution is 2.26. The number of aromatic carboxylic acids is 1. The number of carbonyl (C=O) groups excluding carboxylic acids is 2. The number of rotatable bonds is 13. The molecule has 5 nitrogen and oxygen atoms in total. The van der Waals surface area contributed by atoms with Gasteiger partial charge in [0, 0.05) is 12.8 Å². The van der Waals surface area contributed by atoms with Crippen molar-refractivity contribution in [3.05, 3.63) is 28.8 Å². The normalized spacial score (nSPS) is 10.8. The molecule has 0 heterocycles. The molecule has 0 spiro atoms. The molecule has 1 aromatic carbocycles. The van der Waals surface area contributed by atoms with Crippen molar-refractivity contribution < 1.29 is 24.2 Å². The molecule has 0 bridgehead atoms. The third-order valence-electron chi connectivity index (χ3n) is 4.30. The Morgan fingerprint density at radius 2 is 1.65 bits per heavy atom. The first-order chi connectivity index (χ1) is 12.4. The third-order valence-corrected chi connectivity index (χ3v) is 4.59. The zero-order valence-electron chi connectivity index (χ0n) is 15.4. The van der Waals surface area contributed by atoms with Crippen LogP contribution in [0.4, 0.5) is 0 Å². The van der Waals surface area contributed by atoms with Crippen LogP contribution in [0.25, 0.3) is 0 Å². The van der Waals surface area contributed by atoms with Gasteiger partial charge in [-0.2, -0.15) is 0 Å². The van der Waals surface area contributed by atoms with E-state index in [2.05, 4.69) is 0 Å². The van der Waals surface area contributed by atoms with Gasteiger partial charge in [0.25, 0.3) is 0 Å². The Balaban J connectivity index is 2.28. The van der Waals surface area contributed by atoms with Gasteiger partial charge in [-0.1, -0.05) is 44.7 Å². The van der Waals surface area contributed by atoms with E-state index >= 15 is 0 Å². The van der Waals surface area contributed by atoms with Gasteiger partial charge in [-0.3, -0.25) is 9.59 Å². The number of unbranched alkanes of at least 4 members (excludes halogenated alkanes) is 3. The molecule has 0 saturated heterocycles. The van der Waals surface area contributed by atoms with Crippen molar-refractivity contribution in [2.45, 2.75) is 58.8 Å². The second-order valence-corrected chi connectivity index (χ2v) is 6.60. The van der Waals surface area contributed by atoms with Gasteiger partial charge in [-0.15, -0.1) is 0 Å². The Bertz CT molecular complexity index is 611. The minimum atomic E-state index is -1.03. The summed E-state index contributed by atoms with van der Waals surface area (Å²) in [5, 5.41) is 9.18. The quantitative estimate of drug-likeness (QED) is 0.386. The summed E-state index contributed by atoms with van der Waals surface area (Å²) in [7, 11) is 0. The second kappa shape index (κ2) is 11.7. The number of carboxylic acids is 1. The minimum Gasteiger partial charge on any atom is -0.492 e. The predicted molar refractivity (Wildman–Crippen MR) is 101 cm³/mol. The van der Waals surface area contributed by atoms with E-state index in [9.17, 15) is 14.4 Å². The molecule has 1 rings (SSSR count). The van der Waals surface area contributed by atoms with Gasteiger partial charge in [-0.25, -0.2) is 4.79 Å². The second-order valence-electron chi connectivity index (χ2n) is 6.19. The molecule has 0 aliphatic heterocycles. The van der Waals surface area contributed by atoms with Crippen LogP contribution in [0.15, 0.2) is 18.2 Å². The van der Waals surface area contributed by atoms with Gasteiger partial charge in [0.1, 0.15) is 17.3 Å². The molecule has 144 valence electrons. The van der Waals surface area contributed by atoms with Crippen molar-refractivity contribution in [2.75, 3.05) is 6.61 Å². The number of halogens is 1. The van der Waals surface area contributed by atoms with E-state index in [1.54, 1.807) is 19.9 Å². The van der Waals surface area contributed by atoms with Crippen LogP contribution in [-0.2, 0) is 9.59 Å². The van der Waals surface area contributed by atoms with Crippen molar-refractivity contribution in [3.63, 3.8) is 0 Å². The summed E-state index contributed by atoms with van der Waals surface area (Å²) in [5.74, 6) is -0.911. The lowest BCUT2D eigenvalue weighted by molar-refractivity contribution is -0.132. The van der Waals surface area contributed by atoms with Gasteiger partial charge >= 0.3 is 5.97 Å². The Hall–Kier alpha value is -1.88. The molecular weight excluding hydrogens is 356 g/mol. The van der Waals surface area contributed by atoms with Crippen LogP contribution in [0.2, 0.25) is 5.02 Å². The molecule has 0 aliphatic carbocycles. The largest absolute Gasteiger partial charge is 0.492 e. The van der Waals surface area contributed by atoms with E-state index in [1.807, 2.05) is 0 Å². The summed E-state index contributed by atoms with van der Waals surface area (Å²) in [4.78, 5) is 34.5. The lowest BCUT2D eigenvalue weighted by Crippen LogP contribution is -2.22. The monoisotopic (exact) mass is 382 g/mol. The topological polar surface area (TPSA) is 80.7 Å². The average molecular weight is 383 g/mol. The van der Waals surface area contributed by atoms with Crippen LogP contribution in [0, 0.1) is 5.92 Å². The Morgan fingerprint density at radius 3 is 2.19 bits per heavy atom. The molecule has 0 atom stereocenters. The van der Waals surface area contributed by atoms with E-state index in [0.717, 1.165) is 25.7 Å². The fourth-order valence-electron chi connectivity index (χ4n) is 2.73. The van der Waals surface area contributed by atoms with E-state index in [0.29, 0.717) is 31.6 Å². The smallest absolute Gasteiger partial charge is 0.335 e. The maximum absolute atomic E-state index is 11.8. The molecule has 0 amide bonds. The molecule has 1 N–H and O–H groups in total. The number of ether oxygens (including phenoxy) is 1. The van der Waals surface area contributed by atoms with Crippen molar-refractivity contribution in [1.82, 2.24) is 0 Å². The highest BCUT2D eigenvalue weighted by Gasteiger charge is 2.22. The first-order valence-electron chi connectivity index (χ1n) is 9.11. The third kappa shape index (κ3) is 7.16. The summed E-state index contributed by atoms with van der Waals surface area (Å²) >= 11 is 6.01. The van der Waals surface area contributed by atoms with Crippen LogP contribution in [0.5, 0.6) is 5.75 Å². The number of carboxylic acid groups (broad SMARTS) is 1. The van der Waals surface area contributed by atoms with Crippen LogP contribution >= 0.6 is 11.6 Å². The summed E-state index contributed by atoms with van der Waals surface area (Å²) in [5.41, 5.74) is 0.125. The SMILES string of the molecule is CCC(=O)C(CCCCCCOc1ccc(C(=O)O)cc1Cl)C(=O)CC. The number of ketones is 2. The number of carbonyl (C=O) groups is 3. The summed E-state index contributed by atoms with van der Waals surface area (Å²) in [6, 6.07) is 4.39. The van der Waals surface area contributed by atoms with Crippen LogP contribution < -0.4 is 4.74 Å². The van der Waals surface area contributed by atoms with Crippen LogP contribution in [0.3, 0.4) is 0 Å². The Kier molecular flexibility index (Phi) is 9.96. The maximum atomic E-state index is 11.8. The maximum Gasteiger partial charge on any atom is 0.335 e. The molecule has 26 heavy (non-hydrogen) atoms. The van der Waals surface area contributed by atoms with Gasteiger partial charge in [-0.05, 0) is 31.0 Å². The number of benzene rings is 1. The van der Waals surface area contributed by atoms with Crippen molar-refractivity contribution in [1.29, 1.82) is 0 Å². The van der Waals surface area contributed by atoms with E-state index in [1.165, 1.54) is 12.1 Å². The fourth-order valence-corrected chi connectivity index (χ4v) is 2.97. The van der Waals surface area contributed by atoms with Crippen molar-refractivity contribution in [3.8, 4) is 5.75 Å². The highest BCUT2D eigenvalue weighted by molar-refractivity contribution is 6.32. The highest BCUT2D eigenvalue weighted by atomic mass is 35.5. The molecule has 0 fully saturated rings. The molecular formula is C20H27ClO5. The molecule has 0 radical (unpaired) electrons. The van der Waals surface area contributed by atoms with Gasteiger partial charge in [0.05, 0.1) is 23.1 Å². The molecule has 0 aromatic heterocycles. The van der Waals surface area contributed by atoms with Gasteiger partial charge in [0.15, 0.2) is 0 Å². The molecule has 0 aliphatic rings. The number of hydrogen-bond donors (Lipinski definition) is 1. The minimum absolute atomic E-state index is 0.0413. The number of hydrogen-bond acceptors (Lipinski definition) is 4. The predicted octanol–water partition coefficient (Wildman–Crippen LogP) is 4.94.